The van der Waals surface area contributed by atoms with E-state index in [1.165, 1.54) is 19.2 Å². The second kappa shape index (κ2) is 1.82. The van der Waals surface area contributed by atoms with Crippen molar-refractivity contribution in [1.82, 2.24) is 9.97 Å². The molecule has 9 heavy (non-hydrogen) atoms. The van der Waals surface area contributed by atoms with Crippen molar-refractivity contribution in [3.8, 4) is 11.0 Å². The quantitative estimate of drug-likeness (QED) is 0.590. The van der Waals surface area contributed by atoms with E-state index in [1.54, 1.807) is 6.33 Å². The molecule has 0 saturated carbocycles. The van der Waals surface area contributed by atoms with Crippen LogP contribution in [0.4, 0.5) is 0 Å². The fourth-order valence-corrected chi connectivity index (χ4v) is 1.58. The molecule has 0 amide bonds. The molecule has 2 heterocycles. The topological polar surface area (TPSA) is 28.7 Å². The first kappa shape index (κ1) is 4.95. The van der Waals surface area contributed by atoms with Gasteiger partial charge >= 0.3 is 0 Å². The smallest absolute Gasteiger partial charge is 0.0926 e. The summed E-state index contributed by atoms with van der Waals surface area (Å²) in [6.07, 6.45) is 3.57. The number of aromatic amines is 1. The maximum Gasteiger partial charge on any atom is 0.0926 e. The Hall–Kier alpha value is -0.880. The van der Waals surface area contributed by atoms with Crippen LogP contribution in [-0.2, 0) is 0 Å². The molecule has 0 fully saturated rings. The zero-order valence-electron chi connectivity index (χ0n) is 4.70. The highest BCUT2D eigenvalue weighted by Crippen LogP contribution is 2.27. The van der Waals surface area contributed by atoms with Crippen LogP contribution < -0.4 is 0 Å². The maximum absolute atomic E-state index is 3.95. The average Bonchev–Trinajstić information content (AvgIpc) is 2.33. The Morgan fingerprint density at radius 3 is 3.44 bits per heavy atom. The van der Waals surface area contributed by atoms with E-state index in [2.05, 4.69) is 21.8 Å². The van der Waals surface area contributed by atoms with Crippen molar-refractivity contribution in [2.45, 2.75) is 0 Å². The third-order valence-electron chi connectivity index (χ3n) is 1.22. The summed E-state index contributed by atoms with van der Waals surface area (Å²) in [4.78, 5) is 7.01. The first-order valence-electron chi connectivity index (χ1n) is 2.70. The molecule has 0 saturated heterocycles. The van der Waals surface area contributed by atoms with Gasteiger partial charge in [-0.3, -0.25) is 0 Å². The molecule has 1 N–H and O–H groups in total. The van der Waals surface area contributed by atoms with Crippen LogP contribution in [0.15, 0.2) is 24.4 Å². The molecule has 0 aliphatic carbocycles. The van der Waals surface area contributed by atoms with Crippen molar-refractivity contribution in [3.63, 3.8) is 0 Å². The summed E-state index contributed by atoms with van der Waals surface area (Å²) in [5.74, 6) is 2.10. The van der Waals surface area contributed by atoms with E-state index in [0.29, 0.717) is 0 Å². The van der Waals surface area contributed by atoms with Crippen LogP contribution in [0.1, 0.15) is 0 Å². The summed E-state index contributed by atoms with van der Waals surface area (Å²) >= 11 is 0. The predicted molar refractivity (Wildman–Crippen MR) is 37.7 cm³/mol. The molecular weight excluding hydrogens is 131 g/mol. The Balaban J connectivity index is 2.79. The lowest BCUT2D eigenvalue weighted by Gasteiger charge is -1.92. The van der Waals surface area contributed by atoms with E-state index in [4.69, 9.17) is 0 Å². The number of nitrogens with zero attached hydrogens (tertiary/aromatic N) is 1. The van der Waals surface area contributed by atoms with Crippen molar-refractivity contribution in [1.29, 1.82) is 0 Å². The van der Waals surface area contributed by atoms with Crippen LogP contribution in [0.5, 0.6) is 0 Å². The number of nitrogens with one attached hydrogen (secondary N) is 1. The van der Waals surface area contributed by atoms with Gasteiger partial charge in [0.1, 0.15) is 0 Å². The lowest BCUT2D eigenvalue weighted by atomic mass is 10.3. The highest BCUT2D eigenvalue weighted by atomic mass is 31.0. The highest BCUT2D eigenvalue weighted by molar-refractivity contribution is 7.33. The summed E-state index contributed by atoms with van der Waals surface area (Å²) < 4.78 is 0. The lowest BCUT2D eigenvalue weighted by Crippen LogP contribution is -1.78. The Morgan fingerprint density at radius 2 is 2.56 bits per heavy atom. The maximum atomic E-state index is 3.95. The van der Waals surface area contributed by atoms with Gasteiger partial charge in [-0.15, -0.1) is 0 Å². The van der Waals surface area contributed by atoms with Crippen LogP contribution in [0.2, 0.25) is 0 Å². The molecule has 0 unspecified atom stereocenters. The number of fused-ring (bicyclic) bond motifs is 1. The van der Waals surface area contributed by atoms with Gasteiger partial charge in [0.25, 0.3) is 0 Å². The molecule has 0 atom stereocenters. The summed E-state index contributed by atoms with van der Waals surface area (Å²) in [5.41, 5.74) is 2.45. The zero-order chi connectivity index (χ0) is 6.10. The molecule has 3 heteroatoms. The van der Waals surface area contributed by atoms with E-state index in [-0.39, 0.29) is 0 Å². The van der Waals surface area contributed by atoms with Gasteiger partial charge in [0.2, 0.25) is 0 Å². The normalized spacial score (nSPS) is 11.1. The largest absolute Gasteiger partial charge is 0.342 e. The monoisotopic (exact) mass is 136 g/mol. The Bertz CT molecular complexity index is 251. The molecule has 0 radical (unpaired) electrons. The molecule has 0 aromatic rings. The van der Waals surface area contributed by atoms with E-state index < -0.39 is 0 Å². The van der Waals surface area contributed by atoms with Crippen molar-refractivity contribution in [3.05, 3.63) is 24.4 Å². The minimum absolute atomic E-state index is 1.21. The van der Waals surface area contributed by atoms with Crippen LogP contribution >= 0.6 is 8.19 Å². The third kappa shape index (κ3) is 0.718. The van der Waals surface area contributed by atoms with Gasteiger partial charge in [-0.2, -0.15) is 0 Å². The molecule has 0 aromatic carbocycles. The van der Waals surface area contributed by atoms with Gasteiger partial charge in [-0.05, 0) is 20.1 Å². The van der Waals surface area contributed by atoms with E-state index in [0.717, 1.165) is 0 Å². The summed E-state index contributed by atoms with van der Waals surface area (Å²) in [6.45, 7) is 0. The summed E-state index contributed by atoms with van der Waals surface area (Å²) in [6, 6.07) is 2.07. The summed E-state index contributed by atoms with van der Waals surface area (Å²) in [7, 11) is 1.25. The fraction of sp³-hybridized carbons (Fsp3) is 0. The van der Waals surface area contributed by atoms with Gasteiger partial charge in [0.15, 0.2) is 0 Å². The minimum atomic E-state index is 1.21. The molecular formula is C6H5N2P. The zero-order valence-corrected chi connectivity index (χ0v) is 5.60. The molecule has 0 bridgehead atoms. The van der Waals surface area contributed by atoms with E-state index in [1.807, 2.05) is 6.20 Å². The standard InChI is InChI=1S/C6H5N2P/c1-2-9-6-5(1)3-7-4-8-6/h1-4H,(H,7,8). The van der Waals surface area contributed by atoms with Crippen LogP contribution in [0, 0.1) is 0 Å². The van der Waals surface area contributed by atoms with Gasteiger partial charge < -0.3 is 4.98 Å². The number of hydrogen-bond acceptors (Lipinski definition) is 1. The van der Waals surface area contributed by atoms with Crippen LogP contribution in [0.25, 0.3) is 11.0 Å². The summed E-state index contributed by atoms with van der Waals surface area (Å²) in [5, 5.41) is 0. The van der Waals surface area contributed by atoms with E-state index in [9.17, 15) is 0 Å². The van der Waals surface area contributed by atoms with Crippen LogP contribution in [-0.4, -0.2) is 9.97 Å². The Morgan fingerprint density at radius 1 is 1.56 bits per heavy atom. The SMILES string of the molecule is c1ncc2ccpc-2[nH]1. The Kier molecular flexibility index (Phi) is 0.998. The third-order valence-corrected chi connectivity index (χ3v) is 2.16. The van der Waals surface area contributed by atoms with Gasteiger partial charge in [0, 0.05) is 11.8 Å². The number of H-pyrrole nitrogens is 1. The van der Waals surface area contributed by atoms with Crippen molar-refractivity contribution in [2.24, 2.45) is 0 Å². The molecule has 0 aromatic heterocycles. The molecule has 2 aliphatic rings. The first-order valence-corrected chi connectivity index (χ1v) is 3.66. The molecule has 0 spiro atoms. The minimum Gasteiger partial charge on any atom is -0.342 e. The molecule has 2 rings (SSSR count). The highest BCUT2D eigenvalue weighted by Gasteiger charge is 1.97. The fourth-order valence-electron chi connectivity index (χ4n) is 0.786. The van der Waals surface area contributed by atoms with Gasteiger partial charge in [-0.1, -0.05) is 0 Å². The van der Waals surface area contributed by atoms with Gasteiger partial charge in [-0.25, -0.2) is 4.98 Å². The predicted octanol–water partition coefficient (Wildman–Crippen LogP) is 2.09. The lowest BCUT2D eigenvalue weighted by molar-refractivity contribution is 1.19. The average molecular weight is 136 g/mol. The van der Waals surface area contributed by atoms with Crippen molar-refractivity contribution < 1.29 is 0 Å². The first-order chi connectivity index (χ1) is 4.47. The molecule has 44 valence electrons. The van der Waals surface area contributed by atoms with Crippen molar-refractivity contribution in [2.75, 3.05) is 0 Å². The number of rotatable bonds is 0. The van der Waals surface area contributed by atoms with Crippen molar-refractivity contribution >= 4 is 8.19 Å². The van der Waals surface area contributed by atoms with E-state index >= 15 is 0 Å². The number of aromatic nitrogens is 2. The number of hydrogen-bond donors (Lipinski definition) is 1. The second-order valence-electron chi connectivity index (χ2n) is 1.80. The van der Waals surface area contributed by atoms with Gasteiger partial charge in [0.05, 0.1) is 11.8 Å². The second-order valence-corrected chi connectivity index (χ2v) is 2.80. The Labute approximate surface area is 54.4 Å². The molecule has 2 aliphatic heterocycles. The van der Waals surface area contributed by atoms with Crippen LogP contribution in [0.3, 0.4) is 0 Å². The molecule has 2 nitrogen and oxygen atoms in total.